The topological polar surface area (TPSA) is 26.0 Å². The van der Waals surface area contributed by atoms with Crippen molar-refractivity contribution in [3.05, 3.63) is 0 Å². The maximum Gasteiger partial charge on any atom is 0.0343 e. The summed E-state index contributed by atoms with van der Waals surface area (Å²) in [5, 5.41) is 0. The van der Waals surface area contributed by atoms with Gasteiger partial charge in [0.15, 0.2) is 0 Å². The van der Waals surface area contributed by atoms with Crippen LogP contribution in [-0.4, -0.2) is 23.0 Å². The van der Waals surface area contributed by atoms with Crippen LogP contribution in [0.25, 0.3) is 0 Å². The highest BCUT2D eigenvalue weighted by Gasteiger charge is 2.17. The van der Waals surface area contributed by atoms with Crippen molar-refractivity contribution in [1.29, 1.82) is 0 Å². The molecule has 0 spiro atoms. The molecule has 0 radical (unpaired) electrons. The average Bonchev–Trinajstić information content (AvgIpc) is 1.69. The van der Waals surface area contributed by atoms with E-state index in [1.165, 1.54) is 7.05 Å². The number of nitrogens with two attached hydrogens (primary N) is 1. The second-order valence-corrected chi connectivity index (χ2v) is 19.2. The second kappa shape index (κ2) is 5.20. The van der Waals surface area contributed by atoms with Crippen LogP contribution in [0.4, 0.5) is 0 Å². The molecule has 0 aliphatic carbocycles. The van der Waals surface area contributed by atoms with E-state index in [0.29, 0.717) is 0 Å². The molecule has 0 aliphatic heterocycles. The molecule has 0 bridgehead atoms. The van der Waals surface area contributed by atoms with E-state index in [1.54, 1.807) is 0 Å². The first-order valence-corrected chi connectivity index (χ1v) is 11.1. The van der Waals surface area contributed by atoms with Crippen LogP contribution in [0.3, 0.4) is 0 Å². The van der Waals surface area contributed by atoms with Gasteiger partial charge in [-0.25, -0.2) is 0 Å². The lowest BCUT2D eigenvalue weighted by Gasteiger charge is -2.18. The van der Waals surface area contributed by atoms with E-state index in [2.05, 4.69) is 38.5 Å². The summed E-state index contributed by atoms with van der Waals surface area (Å²) >= 11 is 0. The minimum atomic E-state index is -0.596. The lowest BCUT2D eigenvalue weighted by molar-refractivity contribution is 1.48. The molecule has 1 nitrogen and oxygen atoms in total. The summed E-state index contributed by atoms with van der Waals surface area (Å²) in [4.78, 5) is 0. The van der Waals surface area contributed by atoms with E-state index in [4.69, 9.17) is 0 Å². The molecule has 0 rings (SSSR count). The molecule has 0 unspecified atom stereocenters. The third-order valence-corrected chi connectivity index (χ3v) is 15.6. The highest BCUT2D eigenvalue weighted by molar-refractivity contribution is 7.30. The summed E-state index contributed by atoms with van der Waals surface area (Å²) < 4.78 is 0. The largest absolute Gasteiger partial charge is 0.333 e. The Labute approximate surface area is 62.1 Å². The molecule has 3 heteroatoms. The van der Waals surface area contributed by atoms with Crippen LogP contribution < -0.4 is 5.73 Å². The summed E-state index contributed by atoms with van der Waals surface area (Å²) in [6.45, 7) is 12.3. The third kappa shape index (κ3) is 8.39. The SMILES string of the molecule is CN.C[SiH](C)[Si](C)(C)C. The molecule has 0 aliphatic rings. The van der Waals surface area contributed by atoms with E-state index in [0.717, 1.165) is 0 Å². The van der Waals surface area contributed by atoms with Crippen LogP contribution in [0.2, 0.25) is 32.7 Å². The average molecular weight is 163 g/mol. The van der Waals surface area contributed by atoms with Crippen LogP contribution >= 0.6 is 0 Å². The van der Waals surface area contributed by atoms with Crippen LogP contribution in [0, 0.1) is 0 Å². The molecule has 0 saturated heterocycles. The van der Waals surface area contributed by atoms with E-state index >= 15 is 0 Å². The second-order valence-electron chi connectivity index (χ2n) is 3.52. The molecule has 0 aromatic carbocycles. The highest BCUT2D eigenvalue weighted by Crippen LogP contribution is 2.04. The fourth-order valence-electron chi connectivity index (χ4n) is 0. The molecule has 2 N–H and O–H groups in total. The normalized spacial score (nSPS) is 10.7. The molecule has 58 valence electrons. The standard InChI is InChI=1S/C5H16Si2.CH5N/c1-6(2)7(3,4)5;1-2/h6H,1-5H3;2H2,1H3. The molecule has 0 heterocycles. The minimum Gasteiger partial charge on any atom is -0.333 e. The Kier molecular flexibility index (Phi) is 7.00. The fraction of sp³-hybridized carbons (Fsp3) is 1.00. The Bertz CT molecular complexity index is 56.6. The summed E-state index contributed by atoms with van der Waals surface area (Å²) in [6.07, 6.45) is 0. The molecule has 0 saturated carbocycles. The first kappa shape index (κ1) is 12.1. The van der Waals surface area contributed by atoms with Gasteiger partial charge >= 0.3 is 0 Å². The molecule has 0 aromatic heterocycles. The van der Waals surface area contributed by atoms with Crippen molar-refractivity contribution < 1.29 is 0 Å². The third-order valence-electron chi connectivity index (χ3n) is 1.73. The van der Waals surface area contributed by atoms with Gasteiger partial charge in [0.1, 0.15) is 0 Å². The Morgan fingerprint density at radius 2 is 1.11 bits per heavy atom. The van der Waals surface area contributed by atoms with Gasteiger partial charge in [-0.1, -0.05) is 32.7 Å². The molecular formula is C6H21NSi2. The highest BCUT2D eigenvalue weighted by atomic mass is 29.2. The molecule has 0 atom stereocenters. The Hall–Kier alpha value is 0.394. The molecular weight excluding hydrogens is 142 g/mol. The first-order valence-electron chi connectivity index (χ1n) is 3.52. The summed E-state index contributed by atoms with van der Waals surface area (Å²) in [5.74, 6) is 0. The smallest absolute Gasteiger partial charge is 0.0343 e. The van der Waals surface area contributed by atoms with Crippen LogP contribution in [0.15, 0.2) is 0 Å². The summed E-state index contributed by atoms with van der Waals surface area (Å²) in [5.41, 5.74) is 4.50. The summed E-state index contributed by atoms with van der Waals surface area (Å²) in [7, 11) is 0.684. The lowest BCUT2D eigenvalue weighted by Crippen LogP contribution is -2.37. The quantitative estimate of drug-likeness (QED) is 0.582. The zero-order chi connectivity index (χ0) is 8.08. The maximum atomic E-state index is 4.50. The van der Waals surface area contributed by atoms with E-state index in [-0.39, 0.29) is 8.31 Å². The Morgan fingerprint density at radius 3 is 1.11 bits per heavy atom. The van der Waals surface area contributed by atoms with Gasteiger partial charge in [0.05, 0.1) is 0 Å². The Balaban J connectivity index is 0. The number of hydrogen-bond donors (Lipinski definition) is 1. The van der Waals surface area contributed by atoms with Gasteiger partial charge < -0.3 is 5.73 Å². The van der Waals surface area contributed by atoms with E-state index < -0.39 is 7.59 Å². The number of hydrogen-bond acceptors (Lipinski definition) is 1. The number of rotatable bonds is 1. The van der Waals surface area contributed by atoms with Gasteiger partial charge in [0.2, 0.25) is 0 Å². The fourth-order valence-corrected chi connectivity index (χ4v) is 0. The van der Waals surface area contributed by atoms with Crippen molar-refractivity contribution in [2.75, 3.05) is 7.05 Å². The predicted molar refractivity (Wildman–Crippen MR) is 52.3 cm³/mol. The predicted octanol–water partition coefficient (Wildman–Crippen LogP) is 1.46. The summed E-state index contributed by atoms with van der Waals surface area (Å²) in [6, 6.07) is 0. The lowest BCUT2D eigenvalue weighted by atomic mass is 11.6. The van der Waals surface area contributed by atoms with Crippen LogP contribution in [-0.2, 0) is 0 Å². The molecule has 0 aromatic rings. The van der Waals surface area contributed by atoms with Gasteiger partial charge in [0, 0.05) is 15.9 Å². The zero-order valence-corrected chi connectivity index (χ0v) is 9.81. The molecule has 9 heavy (non-hydrogen) atoms. The van der Waals surface area contributed by atoms with Gasteiger partial charge in [-0.15, -0.1) is 0 Å². The molecule has 0 amide bonds. The monoisotopic (exact) mass is 163 g/mol. The van der Waals surface area contributed by atoms with Crippen molar-refractivity contribution in [3.63, 3.8) is 0 Å². The van der Waals surface area contributed by atoms with Crippen molar-refractivity contribution in [1.82, 2.24) is 0 Å². The van der Waals surface area contributed by atoms with Crippen molar-refractivity contribution in [3.8, 4) is 0 Å². The van der Waals surface area contributed by atoms with Crippen LogP contribution in [0.5, 0.6) is 0 Å². The van der Waals surface area contributed by atoms with Gasteiger partial charge in [-0.3, -0.25) is 0 Å². The van der Waals surface area contributed by atoms with Gasteiger partial charge in [-0.2, -0.15) is 0 Å². The maximum absolute atomic E-state index is 4.50. The van der Waals surface area contributed by atoms with Crippen molar-refractivity contribution >= 4 is 15.9 Å². The molecule has 0 fully saturated rings. The van der Waals surface area contributed by atoms with E-state index in [1.807, 2.05) is 0 Å². The van der Waals surface area contributed by atoms with Crippen molar-refractivity contribution in [2.45, 2.75) is 32.7 Å². The zero-order valence-electron chi connectivity index (χ0n) is 7.65. The van der Waals surface area contributed by atoms with Crippen LogP contribution in [0.1, 0.15) is 0 Å². The van der Waals surface area contributed by atoms with E-state index in [9.17, 15) is 0 Å². The first-order chi connectivity index (χ1) is 3.94. The van der Waals surface area contributed by atoms with Gasteiger partial charge in [0.25, 0.3) is 0 Å². The Morgan fingerprint density at radius 1 is 1.00 bits per heavy atom. The van der Waals surface area contributed by atoms with Gasteiger partial charge in [-0.05, 0) is 7.05 Å². The van der Waals surface area contributed by atoms with Crippen molar-refractivity contribution in [2.24, 2.45) is 5.73 Å². The minimum absolute atomic E-state index is 0.220.